The van der Waals surface area contributed by atoms with E-state index in [1.807, 2.05) is 24.3 Å². The summed E-state index contributed by atoms with van der Waals surface area (Å²) in [6.07, 6.45) is 0. The number of nitrogens with two attached hydrogens (primary N) is 1. The van der Waals surface area contributed by atoms with Crippen molar-refractivity contribution >= 4 is 41.6 Å². The number of methoxy groups -OCH3 is 1. The number of aromatic nitrogens is 2. The zero-order chi connectivity index (χ0) is 14.0. The number of hydrogen-bond donors (Lipinski definition) is 2. The van der Waals surface area contributed by atoms with Crippen LogP contribution in [0.2, 0.25) is 5.15 Å². The fourth-order valence-electron chi connectivity index (χ4n) is 1.60. The van der Waals surface area contributed by atoms with E-state index in [2.05, 4.69) is 22.8 Å². The lowest BCUT2D eigenvalue weighted by atomic mass is 10.3. The molecular weight excluding hydrogens is 284 g/mol. The van der Waals surface area contributed by atoms with Gasteiger partial charge in [-0.25, -0.2) is 9.97 Å². The highest BCUT2D eigenvalue weighted by atomic mass is 35.5. The predicted molar refractivity (Wildman–Crippen MR) is 80.3 cm³/mol. The summed E-state index contributed by atoms with van der Waals surface area (Å²) in [5, 5.41) is 0.260. The Kier molecular flexibility index (Phi) is 4.01. The molecule has 0 saturated heterocycles. The van der Waals surface area contributed by atoms with E-state index in [0.717, 1.165) is 11.4 Å². The van der Waals surface area contributed by atoms with Crippen LogP contribution in [0.5, 0.6) is 5.75 Å². The van der Waals surface area contributed by atoms with Crippen molar-refractivity contribution in [3.63, 3.8) is 0 Å². The van der Waals surface area contributed by atoms with Crippen LogP contribution in [0, 0.1) is 6.92 Å². The van der Waals surface area contributed by atoms with Crippen molar-refractivity contribution in [1.82, 2.24) is 9.97 Å². The van der Waals surface area contributed by atoms with Gasteiger partial charge in [0.05, 0.1) is 12.8 Å². The maximum absolute atomic E-state index is 6.09. The molecule has 0 aliphatic carbocycles. The Bertz CT molecular complexity index is 568. The van der Waals surface area contributed by atoms with E-state index in [1.54, 1.807) is 14.0 Å². The van der Waals surface area contributed by atoms with Gasteiger partial charge in [0.15, 0.2) is 11.0 Å². The van der Waals surface area contributed by atoms with Gasteiger partial charge >= 0.3 is 0 Å². The Morgan fingerprint density at radius 1 is 1.26 bits per heavy atom. The van der Waals surface area contributed by atoms with Gasteiger partial charge in [-0.2, -0.15) is 0 Å². The maximum atomic E-state index is 6.09. The first-order chi connectivity index (χ1) is 9.02. The highest BCUT2D eigenvalue weighted by Crippen LogP contribution is 2.36. The van der Waals surface area contributed by atoms with Crippen LogP contribution in [0.25, 0.3) is 0 Å². The van der Waals surface area contributed by atoms with Crippen molar-refractivity contribution in [2.45, 2.75) is 6.92 Å². The zero-order valence-corrected chi connectivity index (χ0v) is 12.1. The smallest absolute Gasteiger partial charge is 0.159 e. The topological polar surface area (TPSA) is 64.3 Å². The molecule has 1 aromatic carbocycles. The monoisotopic (exact) mass is 296 g/mol. The van der Waals surface area contributed by atoms with Crippen LogP contribution in [0.3, 0.4) is 0 Å². The van der Waals surface area contributed by atoms with Gasteiger partial charge in [-0.15, -0.1) is 0 Å². The quantitative estimate of drug-likeness (QED) is 0.673. The molecule has 0 aliphatic rings. The normalized spacial score (nSPS) is 10.3. The molecule has 2 aromatic rings. The lowest BCUT2D eigenvalue weighted by Gasteiger charge is -2.20. The molecule has 2 rings (SSSR count). The van der Waals surface area contributed by atoms with Crippen molar-refractivity contribution in [1.29, 1.82) is 0 Å². The summed E-state index contributed by atoms with van der Waals surface area (Å²) in [4.78, 5) is 8.16. The number of aryl methyl sites for hydroxylation is 1. The molecule has 1 heterocycles. The van der Waals surface area contributed by atoms with Crippen molar-refractivity contribution in [3.8, 4) is 5.75 Å². The Balaban J connectivity index is 2.40. The fourth-order valence-corrected chi connectivity index (χ4v) is 2.29. The van der Waals surface area contributed by atoms with Gasteiger partial charge in [-0.05, 0) is 31.2 Å². The number of thiol groups is 1. The van der Waals surface area contributed by atoms with Crippen LogP contribution in [0.4, 0.5) is 17.2 Å². The van der Waals surface area contributed by atoms with E-state index < -0.39 is 0 Å². The largest absolute Gasteiger partial charge is 0.497 e. The van der Waals surface area contributed by atoms with Crippen molar-refractivity contribution in [3.05, 3.63) is 35.2 Å². The van der Waals surface area contributed by atoms with Crippen LogP contribution < -0.4 is 14.8 Å². The second-order valence-corrected chi connectivity index (χ2v) is 4.56. The van der Waals surface area contributed by atoms with Crippen LogP contribution in [-0.2, 0) is 0 Å². The number of ether oxygens (including phenoxy) is 1. The summed E-state index contributed by atoms with van der Waals surface area (Å²) in [7, 11) is 1.61. The zero-order valence-electron chi connectivity index (χ0n) is 10.5. The van der Waals surface area contributed by atoms with E-state index in [9.17, 15) is 0 Å². The van der Waals surface area contributed by atoms with Crippen LogP contribution >= 0.6 is 24.4 Å². The molecule has 0 fully saturated rings. The molecule has 0 aliphatic heterocycles. The highest BCUT2D eigenvalue weighted by molar-refractivity contribution is 7.82. The summed E-state index contributed by atoms with van der Waals surface area (Å²) in [5.41, 5.74) is 7.11. The van der Waals surface area contributed by atoms with Gasteiger partial charge in [0, 0.05) is 0 Å². The van der Waals surface area contributed by atoms with E-state index >= 15 is 0 Å². The minimum atomic E-state index is 0.260. The van der Waals surface area contributed by atoms with Crippen molar-refractivity contribution < 1.29 is 4.74 Å². The van der Waals surface area contributed by atoms with Crippen molar-refractivity contribution in [2.24, 2.45) is 0 Å². The number of nitrogen functional groups attached to an aromatic ring is 1. The van der Waals surface area contributed by atoms with Gasteiger partial charge in [0.1, 0.15) is 17.3 Å². The minimum absolute atomic E-state index is 0.260. The van der Waals surface area contributed by atoms with Crippen LogP contribution in [-0.4, -0.2) is 17.1 Å². The minimum Gasteiger partial charge on any atom is -0.497 e. The fraction of sp³-hybridized carbons (Fsp3) is 0.167. The maximum Gasteiger partial charge on any atom is 0.159 e. The van der Waals surface area contributed by atoms with E-state index in [-0.39, 0.29) is 11.0 Å². The number of rotatable bonds is 3. The molecule has 100 valence electrons. The SMILES string of the molecule is COc1ccc(N(S)c2c(N)nc(C)nc2Cl)cc1. The average Bonchev–Trinajstić information content (AvgIpc) is 2.37. The first-order valence-corrected chi connectivity index (χ1v) is 6.23. The second-order valence-electron chi connectivity index (χ2n) is 3.81. The summed E-state index contributed by atoms with van der Waals surface area (Å²) in [5.74, 6) is 1.55. The van der Waals surface area contributed by atoms with Gasteiger partial charge < -0.3 is 10.5 Å². The lowest BCUT2D eigenvalue weighted by Crippen LogP contribution is -2.09. The Labute approximate surface area is 121 Å². The molecule has 2 N–H and O–H groups in total. The summed E-state index contributed by atoms with van der Waals surface area (Å²) in [6, 6.07) is 7.30. The number of hydrogen-bond acceptors (Lipinski definition) is 6. The number of anilines is 3. The predicted octanol–water partition coefficient (Wildman–Crippen LogP) is 3.01. The van der Waals surface area contributed by atoms with E-state index in [1.165, 1.54) is 4.31 Å². The Hall–Kier alpha value is -1.66. The lowest BCUT2D eigenvalue weighted by molar-refractivity contribution is 0.415. The first-order valence-electron chi connectivity index (χ1n) is 5.45. The molecule has 0 bridgehead atoms. The number of benzene rings is 1. The second kappa shape index (κ2) is 5.54. The molecule has 1 aromatic heterocycles. The molecule has 0 spiro atoms. The molecule has 0 radical (unpaired) electrons. The Morgan fingerprint density at radius 3 is 2.42 bits per heavy atom. The molecular formula is C12H13ClN4OS. The van der Waals surface area contributed by atoms with E-state index in [0.29, 0.717) is 11.5 Å². The average molecular weight is 297 g/mol. The van der Waals surface area contributed by atoms with Crippen LogP contribution in [0.1, 0.15) is 5.82 Å². The number of nitrogens with zero attached hydrogens (tertiary/aromatic N) is 3. The van der Waals surface area contributed by atoms with Gasteiger partial charge in [-0.3, -0.25) is 4.31 Å². The summed E-state index contributed by atoms with van der Waals surface area (Å²) >= 11 is 10.5. The third-order valence-electron chi connectivity index (χ3n) is 2.51. The highest BCUT2D eigenvalue weighted by Gasteiger charge is 2.16. The van der Waals surface area contributed by atoms with Gasteiger partial charge in [0.25, 0.3) is 0 Å². The van der Waals surface area contributed by atoms with Crippen molar-refractivity contribution in [2.75, 3.05) is 17.1 Å². The molecule has 19 heavy (non-hydrogen) atoms. The van der Waals surface area contributed by atoms with Crippen LogP contribution in [0.15, 0.2) is 24.3 Å². The van der Waals surface area contributed by atoms with E-state index in [4.69, 9.17) is 22.1 Å². The molecule has 0 atom stereocenters. The number of halogens is 1. The molecule has 7 heteroatoms. The summed E-state index contributed by atoms with van der Waals surface area (Å²) < 4.78 is 6.64. The third-order valence-corrected chi connectivity index (χ3v) is 3.20. The standard InChI is InChI=1S/C12H13ClN4OS/c1-7-15-11(13)10(12(14)16-7)17(19)8-3-5-9(18-2)6-4-8/h3-6,19H,1-2H3,(H2,14,15,16). The molecule has 5 nitrogen and oxygen atoms in total. The third kappa shape index (κ3) is 2.85. The van der Waals surface area contributed by atoms with Gasteiger partial charge in [0.2, 0.25) is 0 Å². The van der Waals surface area contributed by atoms with Gasteiger partial charge in [-0.1, -0.05) is 24.4 Å². The molecule has 0 saturated carbocycles. The molecule has 0 amide bonds. The summed E-state index contributed by atoms with van der Waals surface area (Å²) in [6.45, 7) is 1.72. The Morgan fingerprint density at radius 2 is 1.89 bits per heavy atom. The first kappa shape index (κ1) is 13.8. The molecule has 0 unspecified atom stereocenters.